The molecule has 0 spiro atoms. The van der Waals surface area contributed by atoms with Gasteiger partial charge in [-0.05, 0) is 32.4 Å². The molecular formula is C21H24N6S. The lowest BCUT2D eigenvalue weighted by molar-refractivity contribution is 0.653. The van der Waals surface area contributed by atoms with E-state index in [1.807, 2.05) is 35.5 Å². The lowest BCUT2D eigenvalue weighted by Crippen LogP contribution is -1.99. The van der Waals surface area contributed by atoms with Gasteiger partial charge in [0.25, 0.3) is 0 Å². The Bertz CT molecular complexity index is 1060. The number of aryl methyl sites for hydroxylation is 3. The van der Waals surface area contributed by atoms with Crippen LogP contribution in [0, 0.1) is 13.8 Å². The van der Waals surface area contributed by atoms with E-state index >= 15 is 0 Å². The number of hydrogen-bond acceptors (Lipinski definition) is 5. The van der Waals surface area contributed by atoms with Crippen molar-refractivity contribution in [2.75, 3.05) is 5.32 Å². The summed E-state index contributed by atoms with van der Waals surface area (Å²) in [6, 6.07) is 12.4. The fourth-order valence-corrected chi connectivity index (χ4v) is 4.04. The van der Waals surface area contributed by atoms with E-state index in [4.69, 9.17) is 5.10 Å². The van der Waals surface area contributed by atoms with Crippen molar-refractivity contribution in [2.24, 2.45) is 0 Å². The van der Waals surface area contributed by atoms with Crippen LogP contribution in [0.3, 0.4) is 0 Å². The first-order valence-corrected chi connectivity index (χ1v) is 10.3. The van der Waals surface area contributed by atoms with E-state index in [0.29, 0.717) is 0 Å². The van der Waals surface area contributed by atoms with Crippen molar-refractivity contribution >= 4 is 16.5 Å². The van der Waals surface area contributed by atoms with Crippen LogP contribution < -0.4 is 5.32 Å². The Morgan fingerprint density at radius 1 is 1.00 bits per heavy atom. The van der Waals surface area contributed by atoms with Crippen LogP contribution in [0.2, 0.25) is 0 Å². The molecule has 0 aliphatic rings. The molecule has 1 aromatic carbocycles. The number of benzene rings is 1. The van der Waals surface area contributed by atoms with Crippen LogP contribution in [0.25, 0.3) is 10.6 Å². The molecule has 0 bridgehead atoms. The largest absolute Gasteiger partial charge is 0.357 e. The summed E-state index contributed by atoms with van der Waals surface area (Å²) in [6.45, 7) is 8.55. The zero-order valence-electron chi connectivity index (χ0n) is 16.4. The normalized spacial score (nSPS) is 11.1. The van der Waals surface area contributed by atoms with Crippen molar-refractivity contribution in [3.63, 3.8) is 0 Å². The summed E-state index contributed by atoms with van der Waals surface area (Å²) in [5, 5.41) is 13.6. The van der Waals surface area contributed by atoms with Crippen LogP contribution in [-0.2, 0) is 19.6 Å². The van der Waals surface area contributed by atoms with E-state index in [2.05, 4.69) is 58.9 Å². The van der Waals surface area contributed by atoms with Crippen molar-refractivity contribution in [1.82, 2.24) is 24.5 Å². The second-order valence-electron chi connectivity index (χ2n) is 6.77. The first kappa shape index (κ1) is 18.4. The molecular weight excluding hydrogens is 368 g/mol. The van der Waals surface area contributed by atoms with Gasteiger partial charge < -0.3 is 5.32 Å². The minimum atomic E-state index is 0.723. The Balaban J connectivity index is 1.46. The Labute approximate surface area is 168 Å². The third kappa shape index (κ3) is 3.99. The average Bonchev–Trinajstić information content (AvgIpc) is 3.39. The zero-order valence-corrected chi connectivity index (χ0v) is 17.2. The van der Waals surface area contributed by atoms with Gasteiger partial charge in [-0.25, -0.2) is 4.98 Å². The fourth-order valence-electron chi connectivity index (χ4n) is 3.12. The van der Waals surface area contributed by atoms with E-state index in [1.165, 1.54) is 11.1 Å². The maximum Gasteiger partial charge on any atom is 0.183 e. The van der Waals surface area contributed by atoms with E-state index in [0.717, 1.165) is 46.7 Å². The highest BCUT2D eigenvalue weighted by molar-refractivity contribution is 7.19. The molecule has 0 atom stereocenters. The van der Waals surface area contributed by atoms with Crippen molar-refractivity contribution in [2.45, 2.75) is 40.4 Å². The van der Waals surface area contributed by atoms with Gasteiger partial charge in [-0.2, -0.15) is 10.2 Å². The summed E-state index contributed by atoms with van der Waals surface area (Å²) >= 11 is 1.64. The van der Waals surface area contributed by atoms with Gasteiger partial charge in [0.1, 0.15) is 5.69 Å². The highest BCUT2D eigenvalue weighted by Gasteiger charge is 2.13. The zero-order chi connectivity index (χ0) is 19.5. The van der Waals surface area contributed by atoms with Crippen molar-refractivity contribution in [1.29, 1.82) is 0 Å². The van der Waals surface area contributed by atoms with Gasteiger partial charge in [0.2, 0.25) is 0 Å². The van der Waals surface area contributed by atoms with Crippen molar-refractivity contribution in [3.05, 3.63) is 71.3 Å². The molecule has 0 aliphatic heterocycles. The van der Waals surface area contributed by atoms with Gasteiger partial charge in [-0.1, -0.05) is 41.7 Å². The summed E-state index contributed by atoms with van der Waals surface area (Å²) in [5.41, 5.74) is 5.46. The summed E-state index contributed by atoms with van der Waals surface area (Å²) in [4.78, 5) is 5.79. The number of aromatic nitrogens is 5. The van der Waals surface area contributed by atoms with Crippen LogP contribution >= 0.6 is 11.3 Å². The topological polar surface area (TPSA) is 60.6 Å². The monoisotopic (exact) mass is 392 g/mol. The molecule has 6 nitrogen and oxygen atoms in total. The molecule has 0 saturated carbocycles. The van der Waals surface area contributed by atoms with Gasteiger partial charge in [-0.15, -0.1) is 0 Å². The average molecular weight is 393 g/mol. The van der Waals surface area contributed by atoms with Crippen LogP contribution in [0.5, 0.6) is 0 Å². The molecule has 4 aromatic rings. The Morgan fingerprint density at radius 3 is 2.57 bits per heavy atom. The highest BCUT2D eigenvalue weighted by Crippen LogP contribution is 2.32. The van der Waals surface area contributed by atoms with Crippen molar-refractivity contribution in [3.8, 4) is 10.6 Å². The smallest absolute Gasteiger partial charge is 0.183 e. The predicted molar refractivity (Wildman–Crippen MR) is 114 cm³/mol. The molecule has 0 fully saturated rings. The maximum absolute atomic E-state index is 4.74. The summed E-state index contributed by atoms with van der Waals surface area (Å²) in [6.07, 6.45) is 4.12. The number of thiazole rings is 1. The second kappa shape index (κ2) is 7.98. The van der Waals surface area contributed by atoms with E-state index in [9.17, 15) is 0 Å². The predicted octanol–water partition coefficient (Wildman–Crippen LogP) is 4.50. The first-order valence-electron chi connectivity index (χ1n) is 9.44. The number of nitrogens with one attached hydrogen (secondary N) is 1. The van der Waals surface area contributed by atoms with Crippen molar-refractivity contribution < 1.29 is 0 Å². The fraction of sp³-hybridized carbons (Fsp3) is 0.286. The summed E-state index contributed by atoms with van der Waals surface area (Å²) in [5.74, 6) is 0. The number of nitrogens with zero attached hydrogens (tertiary/aromatic N) is 5. The first-order chi connectivity index (χ1) is 13.6. The third-order valence-electron chi connectivity index (χ3n) is 4.66. The van der Waals surface area contributed by atoms with Gasteiger partial charge >= 0.3 is 0 Å². The third-order valence-corrected chi connectivity index (χ3v) is 5.80. The second-order valence-corrected chi connectivity index (χ2v) is 7.77. The summed E-state index contributed by atoms with van der Waals surface area (Å²) < 4.78 is 3.93. The SMILES string of the molecule is CCn1cc(CNc2nc(C)c(-c3ccn(Cc4ccccc4)n3)s2)c(C)n1. The molecule has 0 unspecified atom stereocenters. The molecule has 4 rings (SSSR count). The molecule has 7 heteroatoms. The Hall–Kier alpha value is -2.93. The molecule has 0 saturated heterocycles. The van der Waals surface area contributed by atoms with E-state index in [-0.39, 0.29) is 0 Å². The minimum Gasteiger partial charge on any atom is -0.357 e. The minimum absolute atomic E-state index is 0.723. The molecule has 28 heavy (non-hydrogen) atoms. The molecule has 3 heterocycles. The molecule has 3 aromatic heterocycles. The van der Waals surface area contributed by atoms with Crippen LogP contribution in [-0.4, -0.2) is 24.5 Å². The molecule has 0 aliphatic carbocycles. The lowest BCUT2D eigenvalue weighted by Gasteiger charge is -2.01. The van der Waals surface area contributed by atoms with Crippen LogP contribution in [0.1, 0.15) is 29.4 Å². The maximum atomic E-state index is 4.74. The molecule has 0 radical (unpaired) electrons. The lowest BCUT2D eigenvalue weighted by atomic mass is 10.2. The van der Waals surface area contributed by atoms with Gasteiger partial charge in [0.15, 0.2) is 5.13 Å². The summed E-state index contributed by atoms with van der Waals surface area (Å²) in [7, 11) is 0. The van der Waals surface area contributed by atoms with Gasteiger partial charge in [0.05, 0.1) is 22.8 Å². The Morgan fingerprint density at radius 2 is 1.82 bits per heavy atom. The quantitative estimate of drug-likeness (QED) is 0.503. The van der Waals surface area contributed by atoms with Crippen LogP contribution in [0.4, 0.5) is 5.13 Å². The van der Waals surface area contributed by atoms with E-state index in [1.54, 1.807) is 11.3 Å². The van der Waals surface area contributed by atoms with E-state index < -0.39 is 0 Å². The number of rotatable bonds is 7. The van der Waals surface area contributed by atoms with Gasteiger partial charge in [-0.3, -0.25) is 9.36 Å². The van der Waals surface area contributed by atoms with Gasteiger partial charge in [0, 0.05) is 31.0 Å². The molecule has 144 valence electrons. The number of hydrogen-bond donors (Lipinski definition) is 1. The Kier molecular flexibility index (Phi) is 5.25. The molecule has 0 amide bonds. The van der Waals surface area contributed by atoms with Crippen LogP contribution in [0.15, 0.2) is 48.8 Å². The number of anilines is 1. The standard InChI is InChI=1S/C21H24N6S/c1-4-26-14-18(15(2)24-26)12-22-21-23-16(3)20(28-21)19-10-11-27(25-19)13-17-8-6-5-7-9-17/h5-11,14H,4,12-13H2,1-3H3,(H,22,23). The highest BCUT2D eigenvalue weighted by atomic mass is 32.1. The molecule has 1 N–H and O–H groups in total.